The molecular formula is C27H57Cl3N9O3+3. The average molecular weight is 662 g/mol. The number of hydrogen-bond donors (Lipinski definition) is 6. The first-order valence-electron chi connectivity index (χ1n) is 14.8. The topological polar surface area (TPSA) is 135 Å². The molecule has 0 amide bonds. The number of nitrogens with zero attached hydrogens (tertiary/aromatic N) is 6. The van der Waals surface area contributed by atoms with Crippen molar-refractivity contribution in [2.45, 2.75) is 37.6 Å². The number of hydrogen-bond acceptors (Lipinski definition) is 9. The van der Waals surface area contributed by atoms with Gasteiger partial charge in [-0.2, -0.15) is 15.0 Å². The molecule has 3 unspecified atom stereocenters. The molecule has 1 aromatic heterocycles. The van der Waals surface area contributed by atoms with E-state index in [9.17, 15) is 15.3 Å². The third-order valence-corrected chi connectivity index (χ3v) is 8.02. The Morgan fingerprint density at radius 3 is 0.976 bits per heavy atom. The molecule has 0 radical (unpaired) electrons. The minimum atomic E-state index is -0.523. The Bertz CT molecular complexity index is 763. The molecule has 1 aromatic rings. The van der Waals surface area contributed by atoms with Crippen LogP contribution in [0.3, 0.4) is 0 Å². The van der Waals surface area contributed by atoms with Gasteiger partial charge in [-0.25, -0.2) is 0 Å². The second-order valence-corrected chi connectivity index (χ2v) is 14.0. The lowest BCUT2D eigenvalue weighted by atomic mass is 10.3. The molecular weight excluding hydrogens is 605 g/mol. The normalized spacial score (nSPS) is 14.9. The van der Waals surface area contributed by atoms with Crippen molar-refractivity contribution >= 4 is 52.6 Å². The summed E-state index contributed by atoms with van der Waals surface area (Å²) < 4.78 is 2.00. The highest BCUT2D eigenvalue weighted by Gasteiger charge is 2.22. The Kier molecular flexibility index (Phi) is 18.1. The van der Waals surface area contributed by atoms with Gasteiger partial charge < -0.3 is 44.7 Å². The molecule has 6 N–H and O–H groups in total. The van der Waals surface area contributed by atoms with Crippen LogP contribution in [0.15, 0.2) is 0 Å². The standard InChI is InChI=1S/C27H57Cl3N9O3/c1-37(2,19-22(40)16-28)13-7-10-31-25-34-26(32-11-8-14-38(3,4)20-23(41)17-29)36-27(35-25)33-12-9-15-39(5,6)21-24(42)18-30/h22-24,40-42H,7-21H2,1-6H3,(H3,31,32,33,34,35,36)/q+3. The van der Waals surface area contributed by atoms with Crippen LogP contribution >= 0.6 is 34.8 Å². The zero-order valence-corrected chi connectivity index (χ0v) is 28.8. The second-order valence-electron chi connectivity index (χ2n) is 13.1. The molecule has 42 heavy (non-hydrogen) atoms. The first-order chi connectivity index (χ1) is 19.6. The van der Waals surface area contributed by atoms with Gasteiger partial charge >= 0.3 is 0 Å². The summed E-state index contributed by atoms with van der Waals surface area (Å²) in [4.78, 5) is 13.7. The van der Waals surface area contributed by atoms with Gasteiger partial charge in [0, 0.05) is 38.9 Å². The fourth-order valence-corrected chi connectivity index (χ4v) is 5.16. The lowest BCUT2D eigenvalue weighted by molar-refractivity contribution is -0.893. The predicted octanol–water partition coefficient (Wildman–Crippen LogP) is 1.31. The fourth-order valence-electron chi connectivity index (χ4n) is 4.87. The highest BCUT2D eigenvalue weighted by atomic mass is 35.5. The van der Waals surface area contributed by atoms with E-state index in [0.29, 0.717) is 70.6 Å². The maximum absolute atomic E-state index is 9.92. The summed E-state index contributed by atoms with van der Waals surface area (Å²) in [7, 11) is 12.5. The minimum absolute atomic E-state index is 0.230. The Morgan fingerprint density at radius 1 is 0.524 bits per heavy atom. The van der Waals surface area contributed by atoms with Crippen molar-refractivity contribution in [3.8, 4) is 0 Å². The number of rotatable bonds is 24. The van der Waals surface area contributed by atoms with Gasteiger partial charge in [-0.15, -0.1) is 34.8 Å². The van der Waals surface area contributed by atoms with Crippen molar-refractivity contribution in [2.75, 3.05) is 135 Å². The third-order valence-electron chi connectivity index (χ3n) is 6.95. The number of anilines is 3. The molecule has 0 saturated heterocycles. The molecule has 0 bridgehead atoms. The van der Waals surface area contributed by atoms with Gasteiger partial charge in [0.2, 0.25) is 17.8 Å². The Labute approximate surface area is 268 Å². The van der Waals surface area contributed by atoms with Crippen LogP contribution in [-0.2, 0) is 0 Å². The van der Waals surface area contributed by atoms with Crippen LogP contribution in [0.25, 0.3) is 0 Å². The summed E-state index contributed by atoms with van der Waals surface area (Å²) in [6.45, 7) is 6.39. The molecule has 246 valence electrons. The molecule has 0 spiro atoms. The van der Waals surface area contributed by atoms with Gasteiger partial charge in [0.15, 0.2) is 0 Å². The molecule has 0 aliphatic heterocycles. The summed E-state index contributed by atoms with van der Waals surface area (Å²) in [6, 6.07) is 0. The van der Waals surface area contributed by atoms with E-state index in [1.54, 1.807) is 0 Å². The quantitative estimate of drug-likeness (QED) is 0.0551. The first-order valence-corrected chi connectivity index (χ1v) is 16.4. The molecule has 1 rings (SSSR count). The molecule has 0 aliphatic rings. The van der Waals surface area contributed by atoms with Crippen LogP contribution in [0.1, 0.15) is 19.3 Å². The molecule has 3 atom stereocenters. The average Bonchev–Trinajstić information content (AvgIpc) is 2.90. The fraction of sp³-hybridized carbons (Fsp3) is 0.889. The molecule has 0 fully saturated rings. The van der Waals surface area contributed by atoms with Crippen molar-refractivity contribution in [1.29, 1.82) is 0 Å². The third kappa shape index (κ3) is 18.0. The zero-order chi connectivity index (χ0) is 31.8. The maximum Gasteiger partial charge on any atom is 0.229 e. The largest absolute Gasteiger partial charge is 0.386 e. The highest BCUT2D eigenvalue weighted by Crippen LogP contribution is 2.12. The Hall–Kier alpha value is -0.960. The number of aliphatic hydroxyl groups excluding tert-OH is 3. The number of nitrogens with one attached hydrogen (secondary N) is 3. The second kappa shape index (κ2) is 19.4. The number of halogens is 3. The van der Waals surface area contributed by atoms with Gasteiger partial charge in [-0.3, -0.25) is 0 Å². The van der Waals surface area contributed by atoms with Crippen LogP contribution in [0.5, 0.6) is 0 Å². The van der Waals surface area contributed by atoms with Crippen LogP contribution in [0.4, 0.5) is 17.8 Å². The summed E-state index contributed by atoms with van der Waals surface area (Å²) in [5.74, 6) is 2.16. The van der Waals surface area contributed by atoms with E-state index >= 15 is 0 Å². The molecule has 15 heteroatoms. The summed E-state index contributed by atoms with van der Waals surface area (Å²) in [5.41, 5.74) is 0. The van der Waals surface area contributed by atoms with E-state index in [-0.39, 0.29) is 17.6 Å². The van der Waals surface area contributed by atoms with Crippen molar-refractivity contribution < 1.29 is 28.8 Å². The number of likely N-dealkylation sites (N-methyl/N-ethyl adjacent to an activating group) is 3. The van der Waals surface area contributed by atoms with Crippen LogP contribution in [0, 0.1) is 0 Å². The molecule has 0 saturated carbocycles. The van der Waals surface area contributed by atoms with E-state index in [1.165, 1.54) is 0 Å². The number of alkyl halides is 3. The zero-order valence-electron chi connectivity index (χ0n) is 26.5. The van der Waals surface area contributed by atoms with Crippen molar-refractivity contribution in [3.05, 3.63) is 0 Å². The molecule has 0 aliphatic carbocycles. The van der Waals surface area contributed by atoms with Gasteiger partial charge in [0.25, 0.3) is 0 Å². The summed E-state index contributed by atoms with van der Waals surface area (Å²) in [5, 5.41) is 39.7. The molecule has 0 aromatic carbocycles. The summed E-state index contributed by atoms with van der Waals surface area (Å²) in [6.07, 6.45) is 1.02. The Morgan fingerprint density at radius 2 is 0.762 bits per heavy atom. The maximum atomic E-state index is 9.92. The predicted molar refractivity (Wildman–Crippen MR) is 175 cm³/mol. The van der Waals surface area contributed by atoms with Crippen molar-refractivity contribution in [2.24, 2.45) is 0 Å². The summed E-state index contributed by atoms with van der Waals surface area (Å²) >= 11 is 17.3. The van der Waals surface area contributed by atoms with Gasteiger partial charge in [0.1, 0.15) is 37.9 Å². The number of aliphatic hydroxyl groups is 3. The van der Waals surface area contributed by atoms with Crippen LogP contribution in [0.2, 0.25) is 0 Å². The van der Waals surface area contributed by atoms with Crippen LogP contribution < -0.4 is 16.0 Å². The Balaban J connectivity index is 2.77. The SMILES string of the molecule is C[N+](C)(CCCNc1nc(NCCC[N+](C)(C)CC(O)CCl)nc(NCCC[N+](C)(C)CC(O)CCl)n1)CC(O)CCl. The first kappa shape index (κ1) is 39.1. The van der Waals surface area contributed by atoms with Crippen molar-refractivity contribution in [1.82, 2.24) is 15.0 Å². The minimum Gasteiger partial charge on any atom is -0.386 e. The van der Waals surface area contributed by atoms with Crippen LogP contribution in [-0.4, -0.2) is 181 Å². The lowest BCUT2D eigenvalue weighted by Crippen LogP contribution is -2.46. The monoisotopic (exact) mass is 660 g/mol. The molecule has 12 nitrogen and oxygen atoms in total. The number of aromatic nitrogens is 3. The van der Waals surface area contributed by atoms with Gasteiger partial charge in [-0.05, 0) is 0 Å². The van der Waals surface area contributed by atoms with Gasteiger partial charge in [0.05, 0.1) is 79.6 Å². The van der Waals surface area contributed by atoms with E-state index in [2.05, 4.69) is 73.2 Å². The lowest BCUT2D eigenvalue weighted by Gasteiger charge is -2.31. The smallest absolute Gasteiger partial charge is 0.229 e. The van der Waals surface area contributed by atoms with E-state index in [0.717, 1.165) is 38.9 Å². The molecule has 1 heterocycles. The van der Waals surface area contributed by atoms with E-state index in [1.807, 2.05) is 0 Å². The number of quaternary nitrogens is 3. The van der Waals surface area contributed by atoms with Crippen molar-refractivity contribution in [3.63, 3.8) is 0 Å². The van der Waals surface area contributed by atoms with Gasteiger partial charge in [-0.1, -0.05) is 0 Å². The van der Waals surface area contributed by atoms with E-state index in [4.69, 9.17) is 34.8 Å². The van der Waals surface area contributed by atoms with E-state index < -0.39 is 18.3 Å². The highest BCUT2D eigenvalue weighted by molar-refractivity contribution is 6.18.